The Kier molecular flexibility index (Phi) is 4.88. The predicted octanol–water partition coefficient (Wildman–Crippen LogP) is 3.79. The fraction of sp³-hybridized carbons (Fsp3) is 0.765. The summed E-state index contributed by atoms with van der Waals surface area (Å²) in [5.74, 6) is -1.73. The molecule has 0 unspecified atom stereocenters. The normalized spacial score (nSPS) is 28.8. The second-order valence-corrected chi connectivity index (χ2v) is 7.20. The number of H-pyrrole nitrogens is 1. The van der Waals surface area contributed by atoms with Crippen molar-refractivity contribution in [3.63, 3.8) is 0 Å². The maximum absolute atomic E-state index is 13.0. The first-order valence-corrected chi connectivity index (χ1v) is 8.72. The Morgan fingerprint density at radius 2 is 2.08 bits per heavy atom. The Balaban J connectivity index is 1.64. The Hall–Kier alpha value is -1.53. The molecule has 2 heterocycles. The average molecular weight is 343 g/mol. The van der Waals surface area contributed by atoms with Crippen LogP contribution in [0, 0.1) is 18.8 Å². The van der Waals surface area contributed by atoms with E-state index in [1.165, 1.54) is 0 Å². The molecule has 1 aliphatic carbocycles. The molecule has 4 nitrogen and oxygen atoms in total. The number of carbonyl (C=O) groups is 1. The number of rotatable bonds is 2. The maximum Gasteiger partial charge on any atom is 0.391 e. The molecule has 1 amide bonds. The van der Waals surface area contributed by atoms with Crippen LogP contribution in [0.25, 0.3) is 0 Å². The van der Waals surface area contributed by atoms with Crippen molar-refractivity contribution < 1.29 is 18.0 Å². The van der Waals surface area contributed by atoms with Gasteiger partial charge in [0.2, 0.25) is 5.91 Å². The SMILES string of the molecule is Cc1cc([C@@H]2CCCN(C(=O)[C@H]3CCC[C@@H](C(F)(F)F)C3)C2)n[nH]1. The molecule has 1 saturated heterocycles. The van der Waals surface area contributed by atoms with Gasteiger partial charge in [0.15, 0.2) is 0 Å². The molecule has 0 radical (unpaired) electrons. The minimum Gasteiger partial charge on any atom is -0.342 e. The number of piperidine rings is 1. The highest BCUT2D eigenvalue weighted by molar-refractivity contribution is 5.79. The molecule has 7 heteroatoms. The van der Waals surface area contributed by atoms with Crippen LogP contribution in [0.2, 0.25) is 0 Å². The van der Waals surface area contributed by atoms with Crippen LogP contribution in [-0.2, 0) is 4.79 Å². The van der Waals surface area contributed by atoms with Crippen molar-refractivity contribution in [2.45, 2.75) is 57.5 Å². The van der Waals surface area contributed by atoms with Crippen LogP contribution in [0.5, 0.6) is 0 Å². The molecule has 1 aromatic rings. The molecule has 1 N–H and O–H groups in total. The smallest absolute Gasteiger partial charge is 0.342 e. The second kappa shape index (κ2) is 6.76. The fourth-order valence-electron chi connectivity index (χ4n) is 4.04. The van der Waals surface area contributed by atoms with E-state index in [9.17, 15) is 18.0 Å². The number of carbonyl (C=O) groups excluding carboxylic acids is 1. The van der Waals surface area contributed by atoms with Gasteiger partial charge in [-0.15, -0.1) is 0 Å². The molecule has 0 spiro atoms. The molecule has 1 saturated carbocycles. The van der Waals surface area contributed by atoms with E-state index < -0.39 is 18.0 Å². The van der Waals surface area contributed by atoms with Crippen molar-refractivity contribution >= 4 is 5.91 Å². The van der Waals surface area contributed by atoms with E-state index in [0.29, 0.717) is 25.9 Å². The van der Waals surface area contributed by atoms with Crippen LogP contribution in [0.1, 0.15) is 55.8 Å². The quantitative estimate of drug-likeness (QED) is 0.888. The lowest BCUT2D eigenvalue weighted by Gasteiger charge is -2.37. The molecular weight excluding hydrogens is 319 g/mol. The van der Waals surface area contributed by atoms with Gasteiger partial charge in [0.05, 0.1) is 11.6 Å². The van der Waals surface area contributed by atoms with E-state index in [1.54, 1.807) is 4.90 Å². The molecule has 0 aromatic carbocycles. The number of nitrogens with one attached hydrogen (secondary N) is 1. The number of hydrogen-bond acceptors (Lipinski definition) is 2. The van der Waals surface area contributed by atoms with Gasteiger partial charge in [-0.25, -0.2) is 0 Å². The highest BCUT2D eigenvalue weighted by atomic mass is 19.4. The van der Waals surface area contributed by atoms with E-state index in [0.717, 1.165) is 24.2 Å². The van der Waals surface area contributed by atoms with Gasteiger partial charge >= 0.3 is 6.18 Å². The number of nitrogens with zero attached hydrogens (tertiary/aromatic N) is 2. The lowest BCUT2D eigenvalue weighted by atomic mass is 9.80. The van der Waals surface area contributed by atoms with Crippen LogP contribution in [0.15, 0.2) is 6.07 Å². The first kappa shape index (κ1) is 17.3. The van der Waals surface area contributed by atoms with Crippen molar-refractivity contribution in [1.29, 1.82) is 0 Å². The molecule has 134 valence electrons. The highest BCUT2D eigenvalue weighted by Gasteiger charge is 2.44. The third-order valence-corrected chi connectivity index (χ3v) is 5.36. The molecular formula is C17H24F3N3O. The highest BCUT2D eigenvalue weighted by Crippen LogP contribution is 2.41. The summed E-state index contributed by atoms with van der Waals surface area (Å²) in [7, 11) is 0. The molecule has 2 aliphatic rings. The van der Waals surface area contributed by atoms with Crippen LogP contribution in [0.4, 0.5) is 13.2 Å². The van der Waals surface area contributed by atoms with Gasteiger partial charge in [-0.1, -0.05) is 6.42 Å². The summed E-state index contributed by atoms with van der Waals surface area (Å²) >= 11 is 0. The Morgan fingerprint density at radius 3 is 2.75 bits per heavy atom. The first-order chi connectivity index (χ1) is 11.3. The van der Waals surface area contributed by atoms with Gasteiger partial charge in [0, 0.05) is 30.6 Å². The van der Waals surface area contributed by atoms with Crippen LogP contribution in [-0.4, -0.2) is 40.3 Å². The molecule has 1 aliphatic heterocycles. The summed E-state index contributed by atoms with van der Waals surface area (Å²) < 4.78 is 38.9. The molecule has 0 bridgehead atoms. The van der Waals surface area contributed by atoms with Crippen LogP contribution < -0.4 is 0 Å². The van der Waals surface area contributed by atoms with E-state index in [2.05, 4.69) is 10.2 Å². The number of aryl methyl sites for hydroxylation is 1. The van der Waals surface area contributed by atoms with Crippen molar-refractivity contribution in [2.75, 3.05) is 13.1 Å². The number of aromatic nitrogens is 2. The summed E-state index contributed by atoms with van der Waals surface area (Å²) in [6, 6.07) is 1.99. The van der Waals surface area contributed by atoms with Crippen molar-refractivity contribution in [2.24, 2.45) is 11.8 Å². The summed E-state index contributed by atoms with van der Waals surface area (Å²) in [4.78, 5) is 14.5. The zero-order valence-electron chi connectivity index (χ0n) is 13.9. The Morgan fingerprint density at radius 1 is 1.29 bits per heavy atom. The minimum absolute atomic E-state index is 0.0506. The third kappa shape index (κ3) is 3.75. The first-order valence-electron chi connectivity index (χ1n) is 8.72. The average Bonchev–Trinajstić information content (AvgIpc) is 3.00. The summed E-state index contributed by atoms with van der Waals surface area (Å²) in [6.45, 7) is 3.14. The lowest BCUT2D eigenvalue weighted by molar-refractivity contribution is -0.187. The summed E-state index contributed by atoms with van der Waals surface area (Å²) in [6.07, 6.45) is -1.18. The molecule has 24 heavy (non-hydrogen) atoms. The van der Waals surface area contributed by atoms with Gasteiger partial charge < -0.3 is 4.90 Å². The Labute approximate surface area is 139 Å². The van der Waals surface area contributed by atoms with E-state index in [4.69, 9.17) is 0 Å². The molecule has 1 aromatic heterocycles. The Bertz CT molecular complexity index is 584. The van der Waals surface area contributed by atoms with Gasteiger partial charge in [0.1, 0.15) is 0 Å². The van der Waals surface area contributed by atoms with Gasteiger partial charge in [-0.05, 0) is 45.1 Å². The zero-order chi connectivity index (χ0) is 17.3. The largest absolute Gasteiger partial charge is 0.391 e. The maximum atomic E-state index is 13.0. The molecule has 3 atom stereocenters. The number of aromatic amines is 1. The van der Waals surface area contributed by atoms with Crippen molar-refractivity contribution in [3.05, 3.63) is 17.5 Å². The van der Waals surface area contributed by atoms with Gasteiger partial charge in [-0.2, -0.15) is 18.3 Å². The van der Waals surface area contributed by atoms with Crippen molar-refractivity contribution in [3.8, 4) is 0 Å². The standard InChI is InChI=1S/C17H24F3N3O/c1-11-8-15(22-21-11)13-5-3-7-23(10-13)16(24)12-4-2-6-14(9-12)17(18,19)20/h8,12-14H,2-7,9-10H2,1H3,(H,21,22)/t12-,13+,14+/m0/s1. The van der Waals surface area contributed by atoms with Gasteiger partial charge in [-0.3, -0.25) is 9.89 Å². The number of halogens is 3. The molecule has 2 fully saturated rings. The third-order valence-electron chi connectivity index (χ3n) is 5.36. The predicted molar refractivity (Wildman–Crippen MR) is 83.4 cm³/mol. The zero-order valence-corrected chi connectivity index (χ0v) is 13.9. The minimum atomic E-state index is -4.18. The number of alkyl halides is 3. The second-order valence-electron chi connectivity index (χ2n) is 7.20. The van der Waals surface area contributed by atoms with E-state index in [-0.39, 0.29) is 24.7 Å². The van der Waals surface area contributed by atoms with Crippen LogP contribution >= 0.6 is 0 Å². The monoisotopic (exact) mass is 343 g/mol. The van der Waals surface area contributed by atoms with Crippen LogP contribution in [0.3, 0.4) is 0 Å². The topological polar surface area (TPSA) is 49.0 Å². The van der Waals surface area contributed by atoms with Crippen molar-refractivity contribution in [1.82, 2.24) is 15.1 Å². The number of hydrogen-bond donors (Lipinski definition) is 1. The summed E-state index contributed by atoms with van der Waals surface area (Å²) in [5.41, 5.74) is 1.93. The molecule has 3 rings (SSSR count). The lowest BCUT2D eigenvalue weighted by Crippen LogP contribution is -2.44. The fourth-order valence-corrected chi connectivity index (χ4v) is 4.04. The van der Waals surface area contributed by atoms with Gasteiger partial charge in [0.25, 0.3) is 0 Å². The number of amides is 1. The number of likely N-dealkylation sites (tertiary alicyclic amines) is 1. The summed E-state index contributed by atoms with van der Waals surface area (Å²) in [5, 5.41) is 7.20. The van der Waals surface area contributed by atoms with E-state index in [1.807, 2.05) is 13.0 Å². The van der Waals surface area contributed by atoms with E-state index >= 15 is 0 Å².